The van der Waals surface area contributed by atoms with Crippen molar-refractivity contribution in [2.24, 2.45) is 0 Å². The Labute approximate surface area is 260 Å². The molecule has 0 radical (unpaired) electrons. The van der Waals surface area contributed by atoms with E-state index < -0.39 is 0 Å². The number of nitrogens with zero attached hydrogens (tertiary/aromatic N) is 5. The maximum Gasteiger partial charge on any atom is 0.164 e. The summed E-state index contributed by atoms with van der Waals surface area (Å²) >= 11 is 0. The lowest BCUT2D eigenvalue weighted by molar-refractivity contribution is 0.669. The summed E-state index contributed by atoms with van der Waals surface area (Å²) < 4.78 is 6.37. The molecule has 8 rings (SSSR count). The van der Waals surface area contributed by atoms with E-state index in [4.69, 9.17) is 24.4 Å². The first-order chi connectivity index (χ1) is 22.1. The van der Waals surface area contributed by atoms with Crippen LogP contribution in [0.3, 0.4) is 0 Å². The van der Waals surface area contributed by atoms with E-state index in [0.29, 0.717) is 17.5 Å². The molecule has 4 heterocycles. The van der Waals surface area contributed by atoms with E-state index in [1.54, 1.807) is 0 Å². The third-order valence-electron chi connectivity index (χ3n) is 8.18. The van der Waals surface area contributed by atoms with Gasteiger partial charge in [0.1, 0.15) is 11.2 Å². The number of hydrogen-bond donors (Lipinski definition) is 0. The van der Waals surface area contributed by atoms with Gasteiger partial charge in [-0.25, -0.2) is 15.0 Å². The van der Waals surface area contributed by atoms with Gasteiger partial charge >= 0.3 is 0 Å². The molecule has 0 bridgehead atoms. The summed E-state index contributed by atoms with van der Waals surface area (Å²) in [6.45, 7) is 4.13. The zero-order chi connectivity index (χ0) is 30.3. The zero-order valence-electron chi connectivity index (χ0n) is 24.8. The molecule has 0 aliphatic carbocycles. The third-order valence-corrected chi connectivity index (χ3v) is 8.18. The van der Waals surface area contributed by atoms with Crippen LogP contribution in [0.4, 0.5) is 0 Å². The molecule has 0 unspecified atom stereocenters. The monoisotopic (exact) mass is 581 g/mol. The first-order valence-corrected chi connectivity index (χ1v) is 14.8. The molecule has 0 saturated carbocycles. The van der Waals surface area contributed by atoms with Crippen LogP contribution in [0, 0.1) is 13.8 Å². The van der Waals surface area contributed by atoms with Crippen LogP contribution in [0.15, 0.2) is 132 Å². The van der Waals surface area contributed by atoms with Crippen LogP contribution in [0.1, 0.15) is 11.3 Å². The maximum atomic E-state index is 6.37. The third kappa shape index (κ3) is 4.82. The Kier molecular flexibility index (Phi) is 6.46. The van der Waals surface area contributed by atoms with Crippen LogP contribution < -0.4 is 0 Å². The number of rotatable bonds is 5. The predicted octanol–water partition coefficient (Wildman–Crippen LogP) is 9.51. The van der Waals surface area contributed by atoms with Gasteiger partial charge in [-0.3, -0.25) is 9.97 Å². The van der Waals surface area contributed by atoms with Crippen molar-refractivity contribution in [3.63, 3.8) is 0 Å². The van der Waals surface area contributed by atoms with Gasteiger partial charge in [-0.1, -0.05) is 78.9 Å². The molecule has 0 saturated heterocycles. The summed E-state index contributed by atoms with van der Waals surface area (Å²) in [7, 11) is 0. The Morgan fingerprint density at radius 1 is 0.511 bits per heavy atom. The number of hydrogen-bond acceptors (Lipinski definition) is 6. The average Bonchev–Trinajstić information content (AvgIpc) is 3.48. The predicted molar refractivity (Wildman–Crippen MR) is 179 cm³/mol. The molecule has 0 N–H and O–H groups in total. The Bertz CT molecular complexity index is 2290. The number of aromatic nitrogens is 5. The van der Waals surface area contributed by atoms with Gasteiger partial charge in [-0.15, -0.1) is 0 Å². The van der Waals surface area contributed by atoms with E-state index in [1.807, 2.05) is 110 Å². The van der Waals surface area contributed by atoms with Crippen LogP contribution in [-0.2, 0) is 0 Å². The quantitative estimate of drug-likeness (QED) is 0.201. The minimum Gasteiger partial charge on any atom is -0.456 e. The van der Waals surface area contributed by atoms with Crippen molar-refractivity contribution in [3.05, 3.63) is 139 Å². The average molecular weight is 582 g/mol. The second-order valence-corrected chi connectivity index (χ2v) is 11.1. The summed E-state index contributed by atoms with van der Waals surface area (Å²) in [5.41, 5.74) is 10.7. The Hall–Kier alpha value is -6.01. The molecular weight excluding hydrogens is 554 g/mol. The molecule has 0 aliphatic heterocycles. The number of aryl methyl sites for hydroxylation is 2. The van der Waals surface area contributed by atoms with Crippen molar-refractivity contribution in [1.82, 2.24) is 24.9 Å². The first-order valence-electron chi connectivity index (χ1n) is 14.8. The highest BCUT2D eigenvalue weighted by molar-refractivity contribution is 6.12. The topological polar surface area (TPSA) is 77.6 Å². The van der Waals surface area contributed by atoms with E-state index in [9.17, 15) is 0 Å². The van der Waals surface area contributed by atoms with Crippen molar-refractivity contribution < 1.29 is 4.42 Å². The Morgan fingerprint density at radius 2 is 1.22 bits per heavy atom. The molecule has 0 amide bonds. The van der Waals surface area contributed by atoms with E-state index in [1.165, 1.54) is 0 Å². The van der Waals surface area contributed by atoms with Crippen LogP contribution in [0.2, 0.25) is 0 Å². The molecule has 4 aromatic heterocycles. The maximum absolute atomic E-state index is 6.37. The molecule has 45 heavy (non-hydrogen) atoms. The summed E-state index contributed by atoms with van der Waals surface area (Å²) in [5, 5.41) is 1.95. The standard InChI is InChI=1S/C39H27N5O/c1-24-18-19-40-23-33(24)31-21-29(22-41-25(31)2)28-16-17-34-32(20-28)36-30(14-9-15-35(36)45-34)39-43-37(26-10-5-3-6-11-26)42-38(44-39)27-12-7-4-8-13-27/h3-23H,1-2H3. The Morgan fingerprint density at radius 3 is 1.93 bits per heavy atom. The second-order valence-electron chi connectivity index (χ2n) is 11.1. The van der Waals surface area contributed by atoms with Crippen molar-refractivity contribution in [2.45, 2.75) is 13.8 Å². The van der Waals surface area contributed by atoms with Crippen LogP contribution in [-0.4, -0.2) is 24.9 Å². The van der Waals surface area contributed by atoms with Crippen molar-refractivity contribution >= 4 is 21.9 Å². The van der Waals surface area contributed by atoms with Gasteiger partial charge in [0.05, 0.1) is 0 Å². The highest BCUT2D eigenvalue weighted by Crippen LogP contribution is 2.39. The largest absolute Gasteiger partial charge is 0.456 e. The molecule has 0 fully saturated rings. The minimum absolute atomic E-state index is 0.591. The van der Waals surface area contributed by atoms with Crippen molar-refractivity contribution in [1.29, 1.82) is 0 Å². The second kappa shape index (κ2) is 10.9. The molecule has 0 atom stereocenters. The van der Waals surface area contributed by atoms with Gasteiger partial charge in [0, 0.05) is 68.4 Å². The van der Waals surface area contributed by atoms with E-state index in [2.05, 4.69) is 36.2 Å². The van der Waals surface area contributed by atoms with Crippen molar-refractivity contribution in [3.8, 4) is 56.4 Å². The molecule has 8 aromatic rings. The molecule has 4 aromatic carbocycles. The smallest absolute Gasteiger partial charge is 0.164 e. The van der Waals surface area contributed by atoms with E-state index in [-0.39, 0.29) is 0 Å². The van der Waals surface area contributed by atoms with E-state index in [0.717, 1.165) is 72.1 Å². The number of furan rings is 1. The fourth-order valence-corrected chi connectivity index (χ4v) is 5.83. The van der Waals surface area contributed by atoms with Gasteiger partial charge < -0.3 is 4.42 Å². The lowest BCUT2D eigenvalue weighted by atomic mass is 9.96. The minimum atomic E-state index is 0.591. The zero-order valence-corrected chi connectivity index (χ0v) is 24.8. The van der Waals surface area contributed by atoms with Crippen molar-refractivity contribution in [2.75, 3.05) is 0 Å². The molecular formula is C39H27N5O. The Balaban J connectivity index is 1.32. The fraction of sp³-hybridized carbons (Fsp3) is 0.0513. The summed E-state index contributed by atoms with van der Waals surface area (Å²) in [4.78, 5) is 24.0. The molecule has 214 valence electrons. The highest BCUT2D eigenvalue weighted by atomic mass is 16.3. The molecule has 0 aliphatic rings. The van der Waals surface area contributed by atoms with Gasteiger partial charge in [-0.05, 0) is 55.3 Å². The molecule has 0 spiro atoms. The molecule has 6 nitrogen and oxygen atoms in total. The van der Waals surface area contributed by atoms with Gasteiger partial charge in [0.15, 0.2) is 17.5 Å². The van der Waals surface area contributed by atoms with Gasteiger partial charge in [0.2, 0.25) is 0 Å². The fourth-order valence-electron chi connectivity index (χ4n) is 5.83. The first kappa shape index (κ1) is 26.6. The number of benzene rings is 4. The van der Waals surface area contributed by atoms with Crippen LogP contribution in [0.25, 0.3) is 78.4 Å². The van der Waals surface area contributed by atoms with Gasteiger partial charge in [-0.2, -0.15) is 0 Å². The lowest BCUT2D eigenvalue weighted by Crippen LogP contribution is -2.00. The SMILES string of the molecule is Cc1ccncc1-c1cc(-c2ccc3oc4cccc(-c5nc(-c6ccccc6)nc(-c6ccccc6)n5)c4c3c2)cnc1C. The highest BCUT2D eigenvalue weighted by Gasteiger charge is 2.18. The summed E-state index contributed by atoms with van der Waals surface area (Å²) in [6.07, 6.45) is 5.66. The van der Waals surface area contributed by atoms with E-state index >= 15 is 0 Å². The number of pyridine rings is 2. The van der Waals surface area contributed by atoms with Crippen LogP contribution >= 0.6 is 0 Å². The van der Waals surface area contributed by atoms with Gasteiger partial charge in [0.25, 0.3) is 0 Å². The summed E-state index contributed by atoms with van der Waals surface area (Å²) in [5.74, 6) is 1.83. The molecule has 6 heteroatoms. The number of fused-ring (bicyclic) bond motifs is 3. The lowest BCUT2D eigenvalue weighted by Gasteiger charge is -2.11. The normalized spacial score (nSPS) is 11.3. The van der Waals surface area contributed by atoms with Crippen LogP contribution in [0.5, 0.6) is 0 Å². The summed E-state index contributed by atoms with van der Waals surface area (Å²) in [6, 6.07) is 36.6.